The van der Waals surface area contributed by atoms with Crippen LogP contribution in [-0.2, 0) is 14.3 Å². The number of esters is 1. The van der Waals surface area contributed by atoms with Gasteiger partial charge in [-0.3, -0.25) is 9.59 Å². The second kappa shape index (κ2) is 5.48. The lowest BCUT2D eigenvalue weighted by atomic mass is 9.92. The summed E-state index contributed by atoms with van der Waals surface area (Å²) >= 11 is 0. The lowest BCUT2D eigenvalue weighted by molar-refractivity contribution is -0.154. The van der Waals surface area contributed by atoms with Gasteiger partial charge < -0.3 is 4.74 Å². The summed E-state index contributed by atoms with van der Waals surface area (Å²) in [6, 6.07) is 0. The first kappa shape index (κ1) is 13.9. The largest absolute Gasteiger partial charge is 0.465 e. The highest BCUT2D eigenvalue weighted by Gasteiger charge is 2.64. The van der Waals surface area contributed by atoms with Crippen LogP contribution in [0.4, 0.5) is 0 Å². The van der Waals surface area contributed by atoms with E-state index in [0.717, 1.165) is 6.42 Å². The van der Waals surface area contributed by atoms with E-state index in [1.54, 1.807) is 13.0 Å². The van der Waals surface area contributed by atoms with E-state index in [2.05, 4.69) is 20.4 Å². The zero-order valence-electron chi connectivity index (χ0n) is 11.0. The van der Waals surface area contributed by atoms with Crippen LogP contribution in [0.1, 0.15) is 40.0 Å². The Morgan fingerprint density at radius 1 is 1.53 bits per heavy atom. The van der Waals surface area contributed by atoms with E-state index < -0.39 is 5.41 Å². The number of ether oxygens (including phenoxy) is 1. The zero-order valence-corrected chi connectivity index (χ0v) is 11.0. The van der Waals surface area contributed by atoms with Gasteiger partial charge in [0.05, 0.1) is 6.61 Å². The lowest BCUT2D eigenvalue weighted by Crippen LogP contribution is -2.30. The molecule has 2 unspecified atom stereocenters. The Hall–Kier alpha value is -1.12. The molecule has 2 atom stereocenters. The Kier molecular flexibility index (Phi) is 4.49. The van der Waals surface area contributed by atoms with Gasteiger partial charge in [0.25, 0.3) is 0 Å². The first-order chi connectivity index (χ1) is 7.98. The Labute approximate surface area is 103 Å². The number of Topliss-reactive ketones (excluding diaryl/α,β-unsaturated/α-hetero) is 1. The number of hydrogen-bond donors (Lipinski definition) is 0. The number of rotatable bonds is 7. The van der Waals surface area contributed by atoms with Crippen molar-refractivity contribution in [3.05, 3.63) is 12.7 Å². The molecule has 0 saturated heterocycles. The molecular weight excluding hydrogens is 216 g/mol. The monoisotopic (exact) mass is 238 g/mol. The van der Waals surface area contributed by atoms with Crippen LogP contribution < -0.4 is 0 Å². The second-order valence-corrected chi connectivity index (χ2v) is 5.09. The van der Waals surface area contributed by atoms with E-state index in [1.165, 1.54) is 0 Å². The van der Waals surface area contributed by atoms with Crippen LogP contribution in [0.2, 0.25) is 0 Å². The highest BCUT2D eigenvalue weighted by molar-refractivity contribution is 6.07. The minimum absolute atomic E-state index is 0.0227. The van der Waals surface area contributed by atoms with Crippen LogP contribution in [0, 0.1) is 17.3 Å². The third-order valence-corrected chi connectivity index (χ3v) is 3.39. The number of hydrogen-bond acceptors (Lipinski definition) is 3. The van der Waals surface area contributed by atoms with E-state index in [4.69, 9.17) is 4.74 Å². The predicted octanol–water partition coefficient (Wildman–Crippen LogP) is 2.75. The molecule has 0 aliphatic heterocycles. The van der Waals surface area contributed by atoms with Crippen LogP contribution in [0.25, 0.3) is 0 Å². The Morgan fingerprint density at radius 2 is 2.18 bits per heavy atom. The summed E-state index contributed by atoms with van der Waals surface area (Å²) in [6.45, 7) is 9.90. The molecule has 3 heteroatoms. The van der Waals surface area contributed by atoms with E-state index >= 15 is 0 Å². The summed E-state index contributed by atoms with van der Waals surface area (Å²) in [5.74, 6) is 0.105. The fourth-order valence-electron chi connectivity index (χ4n) is 2.14. The third kappa shape index (κ3) is 2.76. The van der Waals surface area contributed by atoms with Crippen LogP contribution in [0.5, 0.6) is 0 Å². The van der Waals surface area contributed by atoms with Crippen LogP contribution in [-0.4, -0.2) is 18.4 Å². The summed E-state index contributed by atoms with van der Waals surface area (Å²) in [6.07, 6.45) is 3.56. The number of carbonyl (C=O) groups is 2. The van der Waals surface area contributed by atoms with Crippen molar-refractivity contribution in [2.45, 2.75) is 40.0 Å². The molecule has 3 nitrogen and oxygen atoms in total. The summed E-state index contributed by atoms with van der Waals surface area (Å²) in [5, 5.41) is 0. The van der Waals surface area contributed by atoms with Gasteiger partial charge in [-0.05, 0) is 25.7 Å². The maximum atomic E-state index is 12.2. The molecule has 1 fully saturated rings. The van der Waals surface area contributed by atoms with Crippen LogP contribution in [0.15, 0.2) is 12.7 Å². The van der Waals surface area contributed by atoms with Crippen molar-refractivity contribution in [3.63, 3.8) is 0 Å². The molecule has 17 heavy (non-hydrogen) atoms. The summed E-state index contributed by atoms with van der Waals surface area (Å²) in [4.78, 5) is 24.1. The first-order valence-electron chi connectivity index (χ1n) is 6.32. The molecule has 1 aliphatic carbocycles. The van der Waals surface area contributed by atoms with Crippen molar-refractivity contribution in [2.24, 2.45) is 17.3 Å². The van der Waals surface area contributed by atoms with Crippen molar-refractivity contribution in [3.8, 4) is 0 Å². The maximum Gasteiger partial charge on any atom is 0.320 e. The van der Waals surface area contributed by atoms with Gasteiger partial charge in [-0.25, -0.2) is 0 Å². The summed E-state index contributed by atoms with van der Waals surface area (Å²) in [5.41, 5.74) is -0.896. The molecule has 0 amide bonds. The fraction of sp³-hybridized carbons (Fsp3) is 0.714. The van der Waals surface area contributed by atoms with E-state index in [-0.39, 0.29) is 17.7 Å². The smallest absolute Gasteiger partial charge is 0.320 e. The highest BCUT2D eigenvalue weighted by atomic mass is 16.5. The topological polar surface area (TPSA) is 43.4 Å². The van der Waals surface area contributed by atoms with Gasteiger partial charge >= 0.3 is 5.97 Å². The quantitative estimate of drug-likeness (QED) is 0.389. The van der Waals surface area contributed by atoms with Crippen molar-refractivity contribution in [1.82, 2.24) is 0 Å². The molecule has 1 rings (SSSR count). The van der Waals surface area contributed by atoms with Gasteiger partial charge in [0.2, 0.25) is 0 Å². The van der Waals surface area contributed by atoms with Crippen molar-refractivity contribution >= 4 is 11.8 Å². The van der Waals surface area contributed by atoms with Crippen molar-refractivity contribution in [2.75, 3.05) is 6.61 Å². The average Bonchev–Trinajstić information content (AvgIpc) is 3.02. The Balaban J connectivity index is 2.70. The summed E-state index contributed by atoms with van der Waals surface area (Å²) in [7, 11) is 0. The minimum Gasteiger partial charge on any atom is -0.465 e. The van der Waals surface area contributed by atoms with Gasteiger partial charge in [0, 0.05) is 12.3 Å². The second-order valence-electron chi connectivity index (χ2n) is 5.09. The van der Waals surface area contributed by atoms with Crippen LogP contribution in [0.3, 0.4) is 0 Å². The van der Waals surface area contributed by atoms with Crippen LogP contribution >= 0.6 is 0 Å². The number of carbonyl (C=O) groups excluding carboxylic acids is 2. The third-order valence-electron chi connectivity index (χ3n) is 3.39. The van der Waals surface area contributed by atoms with E-state index in [0.29, 0.717) is 25.4 Å². The van der Waals surface area contributed by atoms with Crippen molar-refractivity contribution < 1.29 is 14.3 Å². The zero-order chi connectivity index (χ0) is 13.1. The molecule has 0 spiro atoms. The molecule has 0 N–H and O–H groups in total. The van der Waals surface area contributed by atoms with Gasteiger partial charge in [-0.15, -0.1) is 6.58 Å². The summed E-state index contributed by atoms with van der Waals surface area (Å²) < 4.78 is 5.02. The Morgan fingerprint density at radius 3 is 2.59 bits per heavy atom. The Bertz CT molecular complexity index is 319. The standard InChI is InChI=1S/C14H22O3/c1-5-11-9-14(11,13(16)17-6-2)12(15)8-7-10(3)4/h5,10-11H,1,6-9H2,2-4H3. The lowest BCUT2D eigenvalue weighted by Gasteiger charge is -2.14. The molecule has 0 radical (unpaired) electrons. The van der Waals surface area contributed by atoms with Crippen molar-refractivity contribution in [1.29, 1.82) is 0 Å². The SMILES string of the molecule is C=CC1CC1(C(=O)CCC(C)C)C(=O)OCC. The van der Waals surface area contributed by atoms with Gasteiger partial charge in [0.15, 0.2) is 5.78 Å². The molecule has 0 aromatic carbocycles. The van der Waals surface area contributed by atoms with E-state index in [9.17, 15) is 9.59 Å². The maximum absolute atomic E-state index is 12.2. The predicted molar refractivity (Wildman–Crippen MR) is 66.4 cm³/mol. The minimum atomic E-state index is -0.896. The van der Waals surface area contributed by atoms with Gasteiger partial charge in [0.1, 0.15) is 5.41 Å². The molecule has 1 saturated carbocycles. The number of ketones is 1. The highest BCUT2D eigenvalue weighted by Crippen LogP contribution is 2.55. The molecule has 0 heterocycles. The van der Waals surface area contributed by atoms with Gasteiger partial charge in [-0.1, -0.05) is 19.9 Å². The molecular formula is C14H22O3. The molecule has 0 aromatic rings. The average molecular weight is 238 g/mol. The normalized spacial score (nSPS) is 26.7. The first-order valence-corrected chi connectivity index (χ1v) is 6.32. The molecule has 0 aromatic heterocycles. The number of allylic oxidation sites excluding steroid dienone is 1. The molecule has 96 valence electrons. The fourth-order valence-corrected chi connectivity index (χ4v) is 2.14. The molecule has 1 aliphatic rings. The van der Waals surface area contributed by atoms with E-state index in [1.807, 2.05) is 0 Å². The molecule has 0 bridgehead atoms. The van der Waals surface area contributed by atoms with Gasteiger partial charge in [-0.2, -0.15) is 0 Å².